The lowest BCUT2D eigenvalue weighted by atomic mass is 9.73. The molecule has 19 heavy (non-hydrogen) atoms. The molecule has 4 heteroatoms. The van der Waals surface area contributed by atoms with Crippen molar-refractivity contribution in [3.63, 3.8) is 0 Å². The highest BCUT2D eigenvalue weighted by molar-refractivity contribution is 5.86. The lowest BCUT2D eigenvalue weighted by molar-refractivity contribution is -0.152. The van der Waals surface area contributed by atoms with Crippen molar-refractivity contribution in [2.45, 2.75) is 57.8 Å². The Bertz CT molecular complexity index is 323. The van der Waals surface area contributed by atoms with E-state index in [1.54, 1.807) is 0 Å². The molecule has 0 bridgehead atoms. The molecule has 2 rings (SSSR count). The van der Waals surface area contributed by atoms with Gasteiger partial charge in [-0.2, -0.15) is 0 Å². The van der Waals surface area contributed by atoms with Crippen molar-refractivity contribution in [1.82, 2.24) is 5.32 Å². The number of rotatable bonds is 7. The van der Waals surface area contributed by atoms with Gasteiger partial charge in [-0.25, -0.2) is 0 Å². The third-order valence-corrected chi connectivity index (χ3v) is 4.74. The average molecular weight is 267 g/mol. The summed E-state index contributed by atoms with van der Waals surface area (Å²) in [6, 6.07) is 0. The monoisotopic (exact) mass is 267 g/mol. The number of aliphatic carboxylic acids is 1. The highest BCUT2D eigenvalue weighted by Crippen LogP contribution is 2.34. The molecule has 108 valence electrons. The molecule has 0 aromatic heterocycles. The van der Waals surface area contributed by atoms with Gasteiger partial charge in [-0.05, 0) is 25.2 Å². The summed E-state index contributed by atoms with van der Waals surface area (Å²) in [5.41, 5.74) is 0. The van der Waals surface area contributed by atoms with E-state index in [1.165, 1.54) is 38.5 Å². The van der Waals surface area contributed by atoms with Crippen LogP contribution < -0.4 is 5.32 Å². The Labute approximate surface area is 115 Å². The molecule has 0 aliphatic heterocycles. The van der Waals surface area contributed by atoms with Crippen LogP contribution in [0.1, 0.15) is 57.8 Å². The van der Waals surface area contributed by atoms with Crippen molar-refractivity contribution < 1.29 is 14.7 Å². The van der Waals surface area contributed by atoms with Gasteiger partial charge in [0.2, 0.25) is 5.91 Å². The Hall–Kier alpha value is -1.06. The molecular weight excluding hydrogens is 242 g/mol. The topological polar surface area (TPSA) is 66.4 Å². The van der Waals surface area contributed by atoms with E-state index < -0.39 is 11.9 Å². The molecule has 0 radical (unpaired) electrons. The van der Waals surface area contributed by atoms with Crippen molar-refractivity contribution >= 4 is 11.9 Å². The van der Waals surface area contributed by atoms with Crippen molar-refractivity contribution in [3.8, 4) is 0 Å². The number of amides is 1. The smallest absolute Gasteiger partial charge is 0.307 e. The second kappa shape index (κ2) is 6.92. The molecule has 0 saturated heterocycles. The minimum absolute atomic E-state index is 0.0560. The first-order valence-electron chi connectivity index (χ1n) is 7.69. The molecule has 2 aliphatic carbocycles. The van der Waals surface area contributed by atoms with E-state index in [0.717, 1.165) is 18.8 Å². The van der Waals surface area contributed by atoms with Crippen LogP contribution in [0, 0.1) is 17.8 Å². The summed E-state index contributed by atoms with van der Waals surface area (Å²) in [6.07, 6.45) is 10.4. The molecule has 0 aromatic rings. The van der Waals surface area contributed by atoms with Gasteiger partial charge < -0.3 is 10.4 Å². The van der Waals surface area contributed by atoms with Crippen LogP contribution in [0.15, 0.2) is 0 Å². The summed E-state index contributed by atoms with van der Waals surface area (Å²) in [4.78, 5) is 22.6. The Morgan fingerprint density at radius 3 is 2.26 bits per heavy atom. The van der Waals surface area contributed by atoms with Gasteiger partial charge in [0.1, 0.15) is 0 Å². The van der Waals surface area contributed by atoms with Crippen LogP contribution in [0.5, 0.6) is 0 Å². The summed E-state index contributed by atoms with van der Waals surface area (Å²) < 4.78 is 0. The van der Waals surface area contributed by atoms with Crippen LogP contribution in [0.4, 0.5) is 0 Å². The summed E-state index contributed by atoms with van der Waals surface area (Å²) in [7, 11) is 0. The molecule has 0 spiro atoms. The van der Waals surface area contributed by atoms with Crippen LogP contribution >= 0.6 is 0 Å². The zero-order valence-electron chi connectivity index (χ0n) is 11.6. The van der Waals surface area contributed by atoms with E-state index in [9.17, 15) is 9.59 Å². The van der Waals surface area contributed by atoms with Gasteiger partial charge >= 0.3 is 5.97 Å². The molecule has 0 heterocycles. The maximum Gasteiger partial charge on any atom is 0.307 e. The van der Waals surface area contributed by atoms with Crippen LogP contribution in [0.2, 0.25) is 0 Å². The first-order valence-corrected chi connectivity index (χ1v) is 7.69. The minimum atomic E-state index is -0.826. The molecule has 2 atom stereocenters. The normalized spacial score (nSPS) is 26.9. The maximum atomic E-state index is 11.8. The number of unbranched alkanes of at least 4 members (excludes halogenated alkanes) is 1. The van der Waals surface area contributed by atoms with E-state index in [4.69, 9.17) is 5.11 Å². The second-order valence-corrected chi connectivity index (χ2v) is 6.07. The Balaban J connectivity index is 1.53. The highest BCUT2D eigenvalue weighted by Gasteiger charge is 2.41. The number of hydrogen-bond acceptors (Lipinski definition) is 2. The number of carbonyl (C=O) groups is 2. The van der Waals surface area contributed by atoms with Gasteiger partial charge in [-0.15, -0.1) is 0 Å². The van der Waals surface area contributed by atoms with E-state index in [0.29, 0.717) is 13.0 Å². The Kier molecular flexibility index (Phi) is 5.23. The Morgan fingerprint density at radius 1 is 1.00 bits per heavy atom. The first-order chi connectivity index (χ1) is 9.18. The molecule has 2 fully saturated rings. The van der Waals surface area contributed by atoms with E-state index in [-0.39, 0.29) is 11.8 Å². The van der Waals surface area contributed by atoms with Gasteiger partial charge in [-0.3, -0.25) is 9.59 Å². The van der Waals surface area contributed by atoms with Crippen molar-refractivity contribution in [1.29, 1.82) is 0 Å². The fourth-order valence-electron chi connectivity index (χ4n) is 3.31. The predicted molar refractivity (Wildman–Crippen MR) is 72.7 cm³/mol. The third-order valence-electron chi connectivity index (χ3n) is 4.74. The van der Waals surface area contributed by atoms with E-state index in [2.05, 4.69) is 5.32 Å². The van der Waals surface area contributed by atoms with Gasteiger partial charge in [0.15, 0.2) is 0 Å². The summed E-state index contributed by atoms with van der Waals surface area (Å²) >= 11 is 0. The molecular formula is C15H25NO3. The SMILES string of the molecule is O=C(O)C1CCC1C(=O)NCCCCC1CCCC1. The summed E-state index contributed by atoms with van der Waals surface area (Å²) in [5, 5.41) is 11.8. The van der Waals surface area contributed by atoms with Gasteiger partial charge in [-0.1, -0.05) is 38.5 Å². The predicted octanol–water partition coefficient (Wildman–Crippen LogP) is 2.57. The zero-order chi connectivity index (χ0) is 13.7. The lowest BCUT2D eigenvalue weighted by Gasteiger charge is -2.31. The number of carboxylic acids is 1. The summed E-state index contributed by atoms with van der Waals surface area (Å²) in [6.45, 7) is 0.703. The largest absolute Gasteiger partial charge is 0.481 e. The Morgan fingerprint density at radius 2 is 1.68 bits per heavy atom. The van der Waals surface area contributed by atoms with Crippen LogP contribution in [-0.2, 0) is 9.59 Å². The number of hydrogen-bond donors (Lipinski definition) is 2. The molecule has 2 saturated carbocycles. The van der Waals surface area contributed by atoms with E-state index in [1.807, 2.05) is 0 Å². The van der Waals surface area contributed by atoms with Crippen LogP contribution in [-0.4, -0.2) is 23.5 Å². The quantitative estimate of drug-likeness (QED) is 0.697. The lowest BCUT2D eigenvalue weighted by Crippen LogP contribution is -2.44. The third kappa shape index (κ3) is 3.95. The first kappa shape index (κ1) is 14.4. The fraction of sp³-hybridized carbons (Fsp3) is 0.867. The van der Waals surface area contributed by atoms with Crippen molar-refractivity contribution in [2.24, 2.45) is 17.8 Å². The summed E-state index contributed by atoms with van der Waals surface area (Å²) in [5.74, 6) is -0.698. The molecule has 1 amide bonds. The van der Waals surface area contributed by atoms with Crippen LogP contribution in [0.25, 0.3) is 0 Å². The van der Waals surface area contributed by atoms with Crippen molar-refractivity contribution in [3.05, 3.63) is 0 Å². The zero-order valence-corrected chi connectivity index (χ0v) is 11.6. The van der Waals surface area contributed by atoms with Gasteiger partial charge in [0.05, 0.1) is 11.8 Å². The number of carbonyl (C=O) groups excluding carboxylic acids is 1. The van der Waals surface area contributed by atoms with E-state index >= 15 is 0 Å². The molecule has 2 unspecified atom stereocenters. The molecule has 0 aromatic carbocycles. The number of nitrogens with one attached hydrogen (secondary N) is 1. The second-order valence-electron chi connectivity index (χ2n) is 6.07. The standard InChI is InChI=1S/C15H25NO3/c17-14(12-8-9-13(12)15(18)19)16-10-4-3-7-11-5-1-2-6-11/h11-13H,1-10H2,(H,16,17)(H,18,19). The molecule has 2 aliphatic rings. The highest BCUT2D eigenvalue weighted by atomic mass is 16.4. The molecule has 4 nitrogen and oxygen atoms in total. The fourth-order valence-corrected chi connectivity index (χ4v) is 3.31. The number of carboxylic acid groups (broad SMARTS) is 1. The van der Waals surface area contributed by atoms with Gasteiger partial charge in [0.25, 0.3) is 0 Å². The minimum Gasteiger partial charge on any atom is -0.481 e. The van der Waals surface area contributed by atoms with Gasteiger partial charge in [0, 0.05) is 6.54 Å². The van der Waals surface area contributed by atoms with Crippen LogP contribution in [0.3, 0.4) is 0 Å². The van der Waals surface area contributed by atoms with Crippen molar-refractivity contribution in [2.75, 3.05) is 6.54 Å². The maximum absolute atomic E-state index is 11.8. The molecule has 2 N–H and O–H groups in total. The average Bonchev–Trinajstić information content (AvgIpc) is 2.79.